The Labute approximate surface area is 286 Å². The van der Waals surface area contributed by atoms with E-state index in [0.29, 0.717) is 0 Å². The SMILES string of the molecule is CCCCCCCCCCC[N+]1(CCC#CCC[N+]2(CCCCCCCCCCC)CCCCC2)CCCCC1.[Br-].[Br-]. The fourth-order valence-electron chi connectivity index (χ4n) is 7.76. The van der Waals surface area contributed by atoms with E-state index in [1.165, 1.54) is 215 Å². The summed E-state index contributed by atoms with van der Waals surface area (Å²) >= 11 is 0. The van der Waals surface area contributed by atoms with Gasteiger partial charge in [0.05, 0.1) is 65.2 Å². The Morgan fingerprint density at radius 1 is 0.357 bits per heavy atom. The van der Waals surface area contributed by atoms with Crippen molar-refractivity contribution < 1.29 is 42.9 Å². The van der Waals surface area contributed by atoms with Gasteiger partial charge in [0.1, 0.15) is 0 Å². The van der Waals surface area contributed by atoms with Crippen LogP contribution in [0.4, 0.5) is 0 Å². The Morgan fingerprint density at radius 2 is 0.643 bits per heavy atom. The molecule has 0 saturated carbocycles. The molecule has 2 heterocycles. The lowest BCUT2D eigenvalue weighted by molar-refractivity contribution is -0.932. The Balaban J connectivity index is 0.00000840. The van der Waals surface area contributed by atoms with Gasteiger partial charge in [-0.15, -0.1) is 0 Å². The average molecular weight is 719 g/mol. The summed E-state index contributed by atoms with van der Waals surface area (Å²) in [6.07, 6.45) is 37.0. The Morgan fingerprint density at radius 3 is 0.952 bits per heavy atom. The maximum Gasteiger partial charge on any atom is 0.0897 e. The largest absolute Gasteiger partial charge is 1.00 e. The summed E-state index contributed by atoms with van der Waals surface area (Å²) in [5, 5.41) is 0. The minimum Gasteiger partial charge on any atom is -1.00 e. The predicted octanol–water partition coefficient (Wildman–Crippen LogP) is 4.84. The fourth-order valence-corrected chi connectivity index (χ4v) is 7.76. The maximum absolute atomic E-state index is 3.68. The Kier molecular flexibility index (Phi) is 29.2. The van der Waals surface area contributed by atoms with Crippen LogP contribution in [0.15, 0.2) is 0 Å². The topological polar surface area (TPSA) is 0 Å². The summed E-state index contributed by atoms with van der Waals surface area (Å²) in [4.78, 5) is 0. The second-order valence-electron chi connectivity index (χ2n) is 14.1. The third kappa shape index (κ3) is 20.5. The molecule has 0 aromatic heterocycles. The summed E-state index contributed by atoms with van der Waals surface area (Å²) in [6, 6.07) is 0. The number of nitrogens with zero attached hydrogens (tertiary/aromatic N) is 2. The molecule has 2 rings (SSSR count). The van der Waals surface area contributed by atoms with Gasteiger partial charge in [0.2, 0.25) is 0 Å². The summed E-state index contributed by atoms with van der Waals surface area (Å²) in [6.45, 7) is 15.8. The van der Waals surface area contributed by atoms with Gasteiger partial charge in [-0.05, 0) is 64.2 Å². The van der Waals surface area contributed by atoms with Crippen LogP contribution < -0.4 is 34.0 Å². The van der Waals surface area contributed by atoms with Crippen molar-refractivity contribution in [2.75, 3.05) is 52.4 Å². The van der Waals surface area contributed by atoms with Crippen molar-refractivity contribution in [2.24, 2.45) is 0 Å². The number of rotatable bonds is 24. The summed E-state index contributed by atoms with van der Waals surface area (Å²) < 4.78 is 2.79. The van der Waals surface area contributed by atoms with Crippen LogP contribution >= 0.6 is 0 Å². The number of likely N-dealkylation sites (tertiary alicyclic amines) is 2. The molecule has 0 aliphatic carbocycles. The molecule has 0 atom stereocenters. The molecule has 2 aliphatic heterocycles. The molecule has 0 aromatic carbocycles. The van der Waals surface area contributed by atoms with Crippen molar-refractivity contribution in [3.8, 4) is 11.8 Å². The van der Waals surface area contributed by atoms with Gasteiger partial charge in [-0.2, -0.15) is 0 Å². The lowest BCUT2D eigenvalue weighted by Gasteiger charge is -2.41. The van der Waals surface area contributed by atoms with Crippen molar-refractivity contribution in [1.29, 1.82) is 0 Å². The summed E-state index contributed by atoms with van der Waals surface area (Å²) in [7, 11) is 0. The molecule has 2 nitrogen and oxygen atoms in total. The zero-order valence-electron chi connectivity index (χ0n) is 28.7. The van der Waals surface area contributed by atoms with Crippen molar-refractivity contribution in [1.82, 2.24) is 0 Å². The van der Waals surface area contributed by atoms with Crippen LogP contribution in [-0.2, 0) is 0 Å². The van der Waals surface area contributed by atoms with E-state index in [4.69, 9.17) is 0 Å². The molecule has 0 amide bonds. The van der Waals surface area contributed by atoms with Gasteiger partial charge in [0, 0.05) is 0 Å². The molecule has 250 valence electrons. The number of unbranched alkanes of at least 4 members (excludes halogenated alkanes) is 16. The number of piperidine rings is 2. The number of halogens is 2. The van der Waals surface area contributed by atoms with Crippen molar-refractivity contribution in [2.45, 2.75) is 181 Å². The maximum atomic E-state index is 3.68. The molecule has 0 aromatic rings. The normalized spacial score (nSPS) is 17.5. The Hall–Kier alpha value is 0.440. The molecule has 2 saturated heterocycles. The fraction of sp³-hybridized carbons (Fsp3) is 0.947. The molecule has 0 spiro atoms. The van der Waals surface area contributed by atoms with Gasteiger partial charge < -0.3 is 42.9 Å². The monoisotopic (exact) mass is 716 g/mol. The standard InChI is InChI=1S/C38H74N2.2BrH/c1-3-5-7-9-11-13-15-17-23-31-39(35-27-21-28-36-39)33-25-19-20-26-34-40(37-29-22-30-38-40)32-24-18-16-14-12-10-8-6-4-2;;/h3-18,21-38H2,1-2H3;2*1H/q+2;;/p-2. The number of hydrogen-bond acceptors (Lipinski definition) is 0. The second kappa shape index (κ2) is 28.9. The lowest BCUT2D eigenvalue weighted by Crippen LogP contribution is -3.00. The van der Waals surface area contributed by atoms with Crippen LogP contribution in [0.25, 0.3) is 0 Å². The lowest BCUT2D eigenvalue weighted by atomic mass is 10.0. The van der Waals surface area contributed by atoms with E-state index in [9.17, 15) is 0 Å². The summed E-state index contributed by atoms with van der Waals surface area (Å²) in [5.41, 5.74) is 0. The third-order valence-corrected chi connectivity index (χ3v) is 10.5. The molecular formula is C38H74Br2N2. The molecule has 0 unspecified atom stereocenters. The van der Waals surface area contributed by atoms with Crippen molar-refractivity contribution >= 4 is 0 Å². The third-order valence-electron chi connectivity index (χ3n) is 10.5. The van der Waals surface area contributed by atoms with Crippen LogP contribution in [-0.4, -0.2) is 61.3 Å². The van der Waals surface area contributed by atoms with Crippen LogP contribution in [0, 0.1) is 11.8 Å². The first-order valence-electron chi connectivity index (χ1n) is 18.9. The minimum atomic E-state index is 0. The van der Waals surface area contributed by atoms with E-state index in [1.807, 2.05) is 0 Å². The van der Waals surface area contributed by atoms with Gasteiger partial charge in [-0.1, -0.05) is 116 Å². The zero-order chi connectivity index (χ0) is 28.5. The van der Waals surface area contributed by atoms with Crippen molar-refractivity contribution in [3.05, 3.63) is 0 Å². The zero-order valence-corrected chi connectivity index (χ0v) is 31.9. The highest BCUT2D eigenvalue weighted by atomic mass is 79.9. The van der Waals surface area contributed by atoms with Gasteiger partial charge in [-0.25, -0.2) is 0 Å². The molecule has 2 aliphatic rings. The average Bonchev–Trinajstić information content (AvgIpc) is 2.98. The van der Waals surface area contributed by atoms with E-state index in [-0.39, 0.29) is 34.0 Å². The van der Waals surface area contributed by atoms with Crippen LogP contribution in [0.3, 0.4) is 0 Å². The molecule has 0 N–H and O–H groups in total. The van der Waals surface area contributed by atoms with Gasteiger partial charge in [0.15, 0.2) is 0 Å². The van der Waals surface area contributed by atoms with Gasteiger partial charge in [0.25, 0.3) is 0 Å². The van der Waals surface area contributed by atoms with E-state index in [1.54, 1.807) is 0 Å². The van der Waals surface area contributed by atoms with E-state index < -0.39 is 0 Å². The van der Waals surface area contributed by atoms with E-state index in [2.05, 4.69) is 25.7 Å². The van der Waals surface area contributed by atoms with Crippen molar-refractivity contribution in [3.63, 3.8) is 0 Å². The van der Waals surface area contributed by atoms with Gasteiger partial charge in [-0.3, -0.25) is 0 Å². The summed E-state index contributed by atoms with van der Waals surface area (Å²) in [5.74, 6) is 7.36. The highest BCUT2D eigenvalue weighted by Gasteiger charge is 2.29. The quantitative estimate of drug-likeness (QED) is 0.0763. The highest BCUT2D eigenvalue weighted by Crippen LogP contribution is 2.23. The van der Waals surface area contributed by atoms with E-state index in [0.717, 1.165) is 12.8 Å². The first-order valence-corrected chi connectivity index (χ1v) is 18.9. The predicted molar refractivity (Wildman–Crippen MR) is 179 cm³/mol. The second-order valence-corrected chi connectivity index (χ2v) is 14.1. The van der Waals surface area contributed by atoms with Crippen LogP contribution in [0.2, 0.25) is 0 Å². The smallest absolute Gasteiger partial charge is 0.0897 e. The number of hydrogen-bond donors (Lipinski definition) is 0. The minimum absolute atomic E-state index is 0. The molecule has 0 bridgehead atoms. The highest BCUT2D eigenvalue weighted by molar-refractivity contribution is 4.98. The molecule has 42 heavy (non-hydrogen) atoms. The first kappa shape index (κ1) is 42.4. The van der Waals surface area contributed by atoms with Crippen LogP contribution in [0.5, 0.6) is 0 Å². The van der Waals surface area contributed by atoms with Gasteiger partial charge >= 0.3 is 0 Å². The number of quaternary nitrogens is 2. The Bertz CT molecular complexity index is 577. The molecule has 2 fully saturated rings. The molecule has 4 heteroatoms. The molecular weight excluding hydrogens is 644 g/mol. The van der Waals surface area contributed by atoms with E-state index >= 15 is 0 Å². The molecule has 0 radical (unpaired) electrons. The first-order chi connectivity index (χ1) is 19.7. The van der Waals surface area contributed by atoms with Crippen LogP contribution in [0.1, 0.15) is 181 Å².